The smallest absolute Gasteiger partial charge is 0.0802 e. The molecule has 0 aliphatic heterocycles. The van der Waals surface area contributed by atoms with Gasteiger partial charge in [0.25, 0.3) is 0 Å². The molecule has 0 fully saturated rings. The molecule has 0 spiro atoms. The van der Waals surface area contributed by atoms with Crippen LogP contribution in [0.3, 0.4) is 0 Å². The summed E-state index contributed by atoms with van der Waals surface area (Å²) in [7, 11) is 2.13. The zero-order chi connectivity index (χ0) is 13.7. The molecule has 2 heteroatoms. The Morgan fingerprint density at radius 3 is 2.17 bits per heavy atom. The van der Waals surface area contributed by atoms with Gasteiger partial charge < -0.3 is 10.0 Å². The fourth-order valence-corrected chi connectivity index (χ4v) is 1.99. The maximum Gasteiger partial charge on any atom is 0.0802 e. The molecule has 0 radical (unpaired) electrons. The Labute approximate surface area is 112 Å². The fourth-order valence-electron chi connectivity index (χ4n) is 1.99. The maximum atomic E-state index is 10.2. The van der Waals surface area contributed by atoms with Gasteiger partial charge in [0.2, 0.25) is 0 Å². The molecule has 102 valence electrons. The van der Waals surface area contributed by atoms with Crippen LogP contribution in [-0.2, 0) is 0 Å². The van der Waals surface area contributed by atoms with Crippen molar-refractivity contribution in [3.05, 3.63) is 35.4 Å². The molecule has 1 aromatic rings. The molecule has 0 aromatic heterocycles. The Hall–Kier alpha value is -0.860. The lowest BCUT2D eigenvalue weighted by Crippen LogP contribution is -2.34. The maximum absolute atomic E-state index is 10.2. The summed E-state index contributed by atoms with van der Waals surface area (Å²) in [5.41, 5.74) is 2.25. The lowest BCUT2D eigenvalue weighted by Gasteiger charge is -2.28. The van der Waals surface area contributed by atoms with Gasteiger partial charge in [0.1, 0.15) is 0 Å². The van der Waals surface area contributed by atoms with Gasteiger partial charge in [0, 0.05) is 12.6 Å². The van der Waals surface area contributed by atoms with Crippen LogP contribution < -0.4 is 0 Å². The van der Waals surface area contributed by atoms with Crippen LogP contribution in [-0.4, -0.2) is 29.6 Å². The van der Waals surface area contributed by atoms with Gasteiger partial charge in [-0.15, -0.1) is 0 Å². The Morgan fingerprint density at radius 1 is 1.11 bits per heavy atom. The minimum Gasteiger partial charge on any atom is -0.388 e. The van der Waals surface area contributed by atoms with Crippen molar-refractivity contribution in [1.82, 2.24) is 4.90 Å². The van der Waals surface area contributed by atoms with E-state index in [4.69, 9.17) is 0 Å². The van der Waals surface area contributed by atoms with Gasteiger partial charge in [-0.3, -0.25) is 0 Å². The fraction of sp³-hybridized carbons (Fsp3) is 0.625. The first kappa shape index (κ1) is 15.2. The van der Waals surface area contributed by atoms with Crippen molar-refractivity contribution in [3.63, 3.8) is 0 Å². The van der Waals surface area contributed by atoms with Crippen molar-refractivity contribution in [3.8, 4) is 0 Å². The monoisotopic (exact) mass is 249 g/mol. The highest BCUT2D eigenvalue weighted by Crippen LogP contribution is 2.18. The molecule has 18 heavy (non-hydrogen) atoms. The topological polar surface area (TPSA) is 23.5 Å². The second-order valence-electron chi connectivity index (χ2n) is 5.68. The van der Waals surface area contributed by atoms with E-state index in [1.165, 1.54) is 5.56 Å². The van der Waals surface area contributed by atoms with Crippen molar-refractivity contribution in [2.45, 2.75) is 46.3 Å². The third-order valence-electron chi connectivity index (χ3n) is 3.88. The average Bonchev–Trinajstić information content (AvgIpc) is 2.35. The molecule has 1 N–H and O–H groups in total. The van der Waals surface area contributed by atoms with Crippen LogP contribution in [0.2, 0.25) is 0 Å². The number of aliphatic hydroxyl groups excluding tert-OH is 1. The lowest BCUT2D eigenvalue weighted by atomic mass is 10.0. The quantitative estimate of drug-likeness (QED) is 0.835. The molecule has 0 saturated heterocycles. The molecule has 0 saturated carbocycles. The number of hydrogen-bond donors (Lipinski definition) is 1. The first-order chi connectivity index (χ1) is 8.41. The van der Waals surface area contributed by atoms with Gasteiger partial charge in [0.05, 0.1) is 6.10 Å². The molecule has 0 aliphatic carbocycles. The van der Waals surface area contributed by atoms with Crippen LogP contribution in [0.4, 0.5) is 0 Å². The van der Waals surface area contributed by atoms with Crippen molar-refractivity contribution in [2.24, 2.45) is 5.92 Å². The number of nitrogens with zero attached hydrogens (tertiary/aromatic N) is 1. The van der Waals surface area contributed by atoms with Gasteiger partial charge in [-0.2, -0.15) is 0 Å². The van der Waals surface area contributed by atoms with E-state index < -0.39 is 0 Å². The highest BCUT2D eigenvalue weighted by molar-refractivity contribution is 5.22. The largest absolute Gasteiger partial charge is 0.388 e. The Morgan fingerprint density at radius 2 is 1.67 bits per heavy atom. The van der Waals surface area contributed by atoms with E-state index in [0.717, 1.165) is 18.5 Å². The van der Waals surface area contributed by atoms with E-state index in [1.54, 1.807) is 0 Å². The van der Waals surface area contributed by atoms with E-state index in [2.05, 4.69) is 51.8 Å². The van der Waals surface area contributed by atoms with Crippen molar-refractivity contribution < 1.29 is 5.11 Å². The standard InChI is InChI=1S/C16H27NO/c1-12(2)14(4)17(5)11-10-16(18)15-8-6-13(3)7-9-15/h6-9,12,14,16,18H,10-11H2,1-5H3. The summed E-state index contributed by atoms with van der Waals surface area (Å²) < 4.78 is 0. The minimum absolute atomic E-state index is 0.354. The average molecular weight is 249 g/mol. The van der Waals surface area contributed by atoms with Crippen LogP contribution in [0.15, 0.2) is 24.3 Å². The molecule has 1 rings (SSSR count). The summed E-state index contributed by atoms with van der Waals surface area (Å²) >= 11 is 0. The number of aliphatic hydroxyl groups is 1. The second kappa shape index (κ2) is 6.91. The van der Waals surface area contributed by atoms with E-state index in [-0.39, 0.29) is 6.10 Å². The van der Waals surface area contributed by atoms with Crippen LogP contribution in [0.5, 0.6) is 0 Å². The summed E-state index contributed by atoms with van der Waals surface area (Å²) in [6, 6.07) is 8.70. The number of hydrogen-bond acceptors (Lipinski definition) is 2. The van der Waals surface area contributed by atoms with Crippen LogP contribution >= 0.6 is 0 Å². The van der Waals surface area contributed by atoms with Gasteiger partial charge in [-0.25, -0.2) is 0 Å². The third kappa shape index (κ3) is 4.43. The van der Waals surface area contributed by atoms with Crippen LogP contribution in [0.1, 0.15) is 44.4 Å². The Balaban J connectivity index is 2.46. The van der Waals surface area contributed by atoms with Crippen molar-refractivity contribution in [1.29, 1.82) is 0 Å². The van der Waals surface area contributed by atoms with Gasteiger partial charge in [-0.1, -0.05) is 43.7 Å². The zero-order valence-electron chi connectivity index (χ0n) is 12.4. The molecule has 1 aromatic carbocycles. The van der Waals surface area contributed by atoms with Gasteiger partial charge in [-0.05, 0) is 38.8 Å². The number of benzene rings is 1. The normalized spacial score (nSPS) is 15.1. The predicted octanol–water partition coefficient (Wildman–Crippen LogP) is 3.39. The van der Waals surface area contributed by atoms with Crippen molar-refractivity contribution >= 4 is 0 Å². The Kier molecular flexibility index (Phi) is 5.83. The molecular weight excluding hydrogens is 222 g/mol. The molecule has 2 nitrogen and oxygen atoms in total. The van der Waals surface area contributed by atoms with Crippen molar-refractivity contribution in [2.75, 3.05) is 13.6 Å². The number of rotatable bonds is 6. The van der Waals surface area contributed by atoms with E-state index in [9.17, 15) is 5.11 Å². The molecule has 0 bridgehead atoms. The molecule has 2 atom stereocenters. The second-order valence-corrected chi connectivity index (χ2v) is 5.68. The minimum atomic E-state index is -0.354. The first-order valence-corrected chi connectivity index (χ1v) is 6.86. The highest BCUT2D eigenvalue weighted by Gasteiger charge is 2.15. The highest BCUT2D eigenvalue weighted by atomic mass is 16.3. The summed E-state index contributed by atoms with van der Waals surface area (Å²) in [5, 5.41) is 10.2. The molecule has 0 aliphatic rings. The predicted molar refractivity (Wildman–Crippen MR) is 77.7 cm³/mol. The molecule has 0 heterocycles. The third-order valence-corrected chi connectivity index (χ3v) is 3.88. The van der Waals surface area contributed by atoms with E-state index in [0.29, 0.717) is 12.0 Å². The summed E-state index contributed by atoms with van der Waals surface area (Å²) in [6.45, 7) is 9.70. The van der Waals surface area contributed by atoms with E-state index >= 15 is 0 Å². The summed E-state index contributed by atoms with van der Waals surface area (Å²) in [5.74, 6) is 0.645. The van der Waals surface area contributed by atoms with Crippen LogP contribution in [0, 0.1) is 12.8 Å². The zero-order valence-corrected chi connectivity index (χ0v) is 12.4. The first-order valence-electron chi connectivity index (χ1n) is 6.86. The number of aryl methyl sites for hydroxylation is 1. The van der Waals surface area contributed by atoms with Gasteiger partial charge in [0.15, 0.2) is 0 Å². The summed E-state index contributed by atoms with van der Waals surface area (Å²) in [4.78, 5) is 2.32. The van der Waals surface area contributed by atoms with Gasteiger partial charge >= 0.3 is 0 Å². The molecular formula is C16H27NO. The lowest BCUT2D eigenvalue weighted by molar-refractivity contribution is 0.129. The SMILES string of the molecule is Cc1ccc(C(O)CCN(C)C(C)C(C)C)cc1. The van der Waals surface area contributed by atoms with E-state index in [1.807, 2.05) is 12.1 Å². The Bertz CT molecular complexity index is 345. The molecule has 0 amide bonds. The van der Waals surface area contributed by atoms with Crippen LogP contribution in [0.25, 0.3) is 0 Å². The molecule has 2 unspecified atom stereocenters. The summed E-state index contributed by atoms with van der Waals surface area (Å²) in [6.07, 6.45) is 0.434.